The number of ether oxygens (including phenoxy) is 1. The molecule has 1 fully saturated rings. The molecule has 0 unspecified atom stereocenters. The van der Waals surface area contributed by atoms with Gasteiger partial charge in [-0.05, 0) is 66.5 Å². The Bertz CT molecular complexity index is 973. The van der Waals surface area contributed by atoms with Crippen LogP contribution in [0.15, 0.2) is 42.5 Å². The number of nitrogens with one attached hydrogen (secondary N) is 1. The number of aliphatic hydroxyl groups excluding tert-OH is 1. The minimum Gasteiger partial charge on any atom is -0.390 e. The number of hydrogen-bond acceptors (Lipinski definition) is 5. The van der Waals surface area contributed by atoms with Gasteiger partial charge in [-0.2, -0.15) is 0 Å². The van der Waals surface area contributed by atoms with E-state index < -0.39 is 6.10 Å². The van der Waals surface area contributed by atoms with Crippen LogP contribution in [0.5, 0.6) is 0 Å². The molecule has 0 bridgehead atoms. The maximum Gasteiger partial charge on any atom is 0.254 e. The SMILES string of the molecule is O=C1c2ccc(NCC3CCOCC3)cc2CCN1C[C@H](O)CN1CCc2ccccc2C1. The molecule has 0 aromatic heterocycles. The molecule has 1 atom stereocenters. The average Bonchev–Trinajstić information content (AvgIpc) is 2.85. The maximum atomic E-state index is 13.1. The van der Waals surface area contributed by atoms with Gasteiger partial charge in [0.15, 0.2) is 0 Å². The van der Waals surface area contributed by atoms with Gasteiger partial charge in [-0.15, -0.1) is 0 Å². The summed E-state index contributed by atoms with van der Waals surface area (Å²) < 4.78 is 5.44. The number of fused-ring (bicyclic) bond motifs is 2. The number of anilines is 1. The second-order valence-electron chi connectivity index (χ2n) is 9.72. The summed E-state index contributed by atoms with van der Waals surface area (Å²) in [6, 6.07) is 14.6. The molecule has 0 saturated carbocycles. The van der Waals surface area contributed by atoms with E-state index in [1.807, 2.05) is 17.0 Å². The highest BCUT2D eigenvalue weighted by Gasteiger charge is 2.27. The van der Waals surface area contributed by atoms with Gasteiger partial charge in [-0.25, -0.2) is 0 Å². The number of carbonyl (C=O) groups is 1. The van der Waals surface area contributed by atoms with Crippen LogP contribution >= 0.6 is 0 Å². The van der Waals surface area contributed by atoms with Gasteiger partial charge < -0.3 is 20.1 Å². The Morgan fingerprint density at radius 2 is 1.79 bits per heavy atom. The van der Waals surface area contributed by atoms with Gasteiger partial charge in [-0.3, -0.25) is 9.69 Å². The summed E-state index contributed by atoms with van der Waals surface area (Å²) >= 11 is 0. The first kappa shape index (κ1) is 22.4. The minimum atomic E-state index is -0.541. The predicted molar refractivity (Wildman–Crippen MR) is 130 cm³/mol. The van der Waals surface area contributed by atoms with E-state index >= 15 is 0 Å². The molecule has 0 radical (unpaired) electrons. The van der Waals surface area contributed by atoms with Crippen LogP contribution in [0.25, 0.3) is 0 Å². The Kier molecular flexibility index (Phi) is 6.95. The van der Waals surface area contributed by atoms with Gasteiger partial charge in [0.1, 0.15) is 0 Å². The van der Waals surface area contributed by atoms with Crippen molar-refractivity contribution in [2.45, 2.75) is 38.3 Å². The molecule has 3 aliphatic rings. The first-order chi connectivity index (χ1) is 16.2. The summed E-state index contributed by atoms with van der Waals surface area (Å²) in [5.41, 5.74) is 5.73. The van der Waals surface area contributed by atoms with Crippen molar-refractivity contribution >= 4 is 11.6 Å². The van der Waals surface area contributed by atoms with E-state index in [2.05, 4.69) is 40.5 Å². The zero-order chi connectivity index (χ0) is 22.6. The van der Waals surface area contributed by atoms with Gasteiger partial charge in [0.25, 0.3) is 5.91 Å². The Balaban J connectivity index is 1.14. The minimum absolute atomic E-state index is 0.0373. The van der Waals surface area contributed by atoms with E-state index in [9.17, 15) is 9.90 Å². The Morgan fingerprint density at radius 1 is 1.00 bits per heavy atom. The molecule has 2 N–H and O–H groups in total. The van der Waals surface area contributed by atoms with E-state index in [0.29, 0.717) is 25.6 Å². The molecule has 5 rings (SSSR count). The molecule has 6 heteroatoms. The Labute approximate surface area is 196 Å². The lowest BCUT2D eigenvalue weighted by Gasteiger charge is -2.34. The first-order valence-electron chi connectivity index (χ1n) is 12.4. The lowest BCUT2D eigenvalue weighted by Crippen LogP contribution is -2.46. The number of carbonyl (C=O) groups excluding carboxylic acids is 1. The molecule has 3 heterocycles. The van der Waals surface area contributed by atoms with Crippen LogP contribution in [0.2, 0.25) is 0 Å². The molecule has 6 nitrogen and oxygen atoms in total. The number of β-amino-alcohol motifs (C(OH)–C–C–N with tert-alkyl or cyclic N) is 1. The van der Waals surface area contributed by atoms with Gasteiger partial charge in [-0.1, -0.05) is 24.3 Å². The van der Waals surface area contributed by atoms with Crippen molar-refractivity contribution in [3.05, 3.63) is 64.7 Å². The summed E-state index contributed by atoms with van der Waals surface area (Å²) in [6.45, 7) is 6.14. The van der Waals surface area contributed by atoms with Gasteiger partial charge in [0.05, 0.1) is 6.10 Å². The molecule has 1 saturated heterocycles. The van der Waals surface area contributed by atoms with Gasteiger partial charge in [0.2, 0.25) is 0 Å². The van der Waals surface area contributed by atoms with Crippen molar-refractivity contribution < 1.29 is 14.6 Å². The summed E-state index contributed by atoms with van der Waals surface area (Å²) in [4.78, 5) is 17.2. The van der Waals surface area contributed by atoms with Crippen molar-refractivity contribution in [3.8, 4) is 0 Å². The van der Waals surface area contributed by atoms with Crippen LogP contribution < -0.4 is 5.32 Å². The number of benzene rings is 2. The number of nitrogens with zero attached hydrogens (tertiary/aromatic N) is 2. The summed E-state index contributed by atoms with van der Waals surface area (Å²) in [5.74, 6) is 0.692. The fourth-order valence-corrected chi connectivity index (χ4v) is 5.35. The highest BCUT2D eigenvalue weighted by Crippen LogP contribution is 2.24. The molecule has 2 aromatic rings. The van der Waals surface area contributed by atoms with E-state index in [0.717, 1.165) is 75.3 Å². The highest BCUT2D eigenvalue weighted by molar-refractivity contribution is 5.97. The van der Waals surface area contributed by atoms with Crippen molar-refractivity contribution in [1.82, 2.24) is 9.80 Å². The van der Waals surface area contributed by atoms with Crippen molar-refractivity contribution in [1.29, 1.82) is 0 Å². The van der Waals surface area contributed by atoms with Crippen LogP contribution in [-0.4, -0.2) is 72.9 Å². The van der Waals surface area contributed by atoms with E-state index in [1.54, 1.807) is 0 Å². The molecule has 176 valence electrons. The van der Waals surface area contributed by atoms with Crippen LogP contribution in [0.3, 0.4) is 0 Å². The molecule has 0 aliphatic carbocycles. The standard InChI is InChI=1S/C27H35N3O3/c31-25(18-29-11-7-21-3-1-2-4-23(21)17-29)19-30-12-8-22-15-24(5-6-26(22)27(30)32)28-16-20-9-13-33-14-10-20/h1-6,15,20,25,28,31H,7-14,16-19H2/t25-/m1/s1. The topological polar surface area (TPSA) is 65.0 Å². The van der Waals surface area contributed by atoms with Crippen LogP contribution in [0.1, 0.15) is 39.9 Å². The van der Waals surface area contributed by atoms with Crippen LogP contribution in [-0.2, 0) is 24.1 Å². The monoisotopic (exact) mass is 449 g/mol. The van der Waals surface area contributed by atoms with Crippen LogP contribution in [0.4, 0.5) is 5.69 Å². The second kappa shape index (κ2) is 10.2. The summed E-state index contributed by atoms with van der Waals surface area (Å²) in [6.07, 6.45) is 3.53. The Hall–Kier alpha value is -2.41. The summed E-state index contributed by atoms with van der Waals surface area (Å²) in [7, 11) is 0. The fourth-order valence-electron chi connectivity index (χ4n) is 5.35. The second-order valence-corrected chi connectivity index (χ2v) is 9.72. The molecule has 3 aliphatic heterocycles. The molecule has 33 heavy (non-hydrogen) atoms. The zero-order valence-electron chi connectivity index (χ0n) is 19.3. The number of amides is 1. The van der Waals surface area contributed by atoms with E-state index in [4.69, 9.17) is 4.74 Å². The molecule has 2 aromatic carbocycles. The molecule has 0 spiro atoms. The highest BCUT2D eigenvalue weighted by atomic mass is 16.5. The third-order valence-corrected chi connectivity index (χ3v) is 7.32. The third-order valence-electron chi connectivity index (χ3n) is 7.32. The van der Waals surface area contributed by atoms with E-state index in [1.165, 1.54) is 11.1 Å². The predicted octanol–water partition coefficient (Wildman–Crippen LogP) is 2.94. The third kappa shape index (κ3) is 5.40. The molecular weight excluding hydrogens is 414 g/mol. The molecular formula is C27H35N3O3. The lowest BCUT2D eigenvalue weighted by atomic mass is 9.97. The Morgan fingerprint density at radius 3 is 2.64 bits per heavy atom. The molecule has 1 amide bonds. The average molecular weight is 450 g/mol. The number of hydrogen-bond donors (Lipinski definition) is 2. The van der Waals surface area contributed by atoms with Crippen molar-refractivity contribution in [2.24, 2.45) is 5.92 Å². The largest absolute Gasteiger partial charge is 0.390 e. The van der Waals surface area contributed by atoms with Crippen molar-refractivity contribution in [3.63, 3.8) is 0 Å². The lowest BCUT2D eigenvalue weighted by molar-refractivity contribution is 0.0493. The van der Waals surface area contributed by atoms with Crippen LogP contribution in [0, 0.1) is 5.92 Å². The van der Waals surface area contributed by atoms with Gasteiger partial charge >= 0.3 is 0 Å². The van der Waals surface area contributed by atoms with E-state index in [-0.39, 0.29) is 5.91 Å². The maximum absolute atomic E-state index is 13.1. The fraction of sp³-hybridized carbons (Fsp3) is 0.519. The number of rotatable bonds is 7. The van der Waals surface area contributed by atoms with Gasteiger partial charge in [0, 0.05) is 63.7 Å². The first-order valence-corrected chi connectivity index (χ1v) is 12.4. The zero-order valence-corrected chi connectivity index (χ0v) is 19.3. The smallest absolute Gasteiger partial charge is 0.254 e. The summed E-state index contributed by atoms with van der Waals surface area (Å²) in [5, 5.41) is 14.3. The normalized spacial score (nSPS) is 20.3. The van der Waals surface area contributed by atoms with Crippen molar-refractivity contribution in [2.75, 3.05) is 51.3 Å². The number of aliphatic hydroxyl groups is 1. The quantitative estimate of drug-likeness (QED) is 0.681.